The van der Waals surface area contributed by atoms with Crippen LogP contribution >= 0.6 is 27.7 Å². The largest absolute Gasteiger partial charge is 0.497 e. The minimum atomic E-state index is -4.65. The molecule has 0 bridgehead atoms. The first-order valence-electron chi connectivity index (χ1n) is 7.33. The molecule has 2 heterocycles. The summed E-state index contributed by atoms with van der Waals surface area (Å²) in [5.74, 6) is 0.603. The molecule has 1 aromatic carbocycles. The summed E-state index contributed by atoms with van der Waals surface area (Å²) >= 11 is 3.97. The van der Waals surface area contributed by atoms with Gasteiger partial charge in [0.25, 0.3) is 0 Å². The molecule has 0 aliphatic carbocycles. The summed E-state index contributed by atoms with van der Waals surface area (Å²) in [6.45, 7) is 0. The molecule has 5 nitrogen and oxygen atoms in total. The lowest BCUT2D eigenvalue weighted by Crippen LogP contribution is -2.10. The van der Waals surface area contributed by atoms with Crippen LogP contribution in [0, 0.1) is 0 Å². The maximum Gasteiger partial charge on any atom is 0.433 e. The Hall–Kier alpha value is -2.33. The lowest BCUT2D eigenvalue weighted by atomic mass is 10.1. The summed E-state index contributed by atoms with van der Waals surface area (Å²) in [6.07, 6.45) is -4.15. The number of hydrogen-bond donors (Lipinski definition) is 0. The second-order valence-corrected chi connectivity index (χ2v) is 6.95. The maximum absolute atomic E-state index is 13.3. The number of hydrogen-bond acceptors (Lipinski definition) is 6. The number of carbonyl (C=O) groups excluding carboxylic acids is 1. The Bertz CT molecular complexity index is 975. The van der Waals surface area contributed by atoms with Crippen molar-refractivity contribution in [1.29, 1.82) is 0 Å². The Morgan fingerprint density at radius 3 is 2.44 bits per heavy atom. The van der Waals surface area contributed by atoms with Gasteiger partial charge in [-0.15, -0.1) is 0 Å². The van der Waals surface area contributed by atoms with E-state index in [1.54, 1.807) is 24.3 Å². The molecule has 27 heavy (non-hydrogen) atoms. The third-order valence-electron chi connectivity index (χ3n) is 3.36. The topological polar surface area (TPSA) is 65.2 Å². The number of halogens is 4. The quantitative estimate of drug-likeness (QED) is 0.372. The number of benzene rings is 1. The number of nitrogens with zero attached hydrogens (tertiary/aromatic N) is 2. The van der Waals surface area contributed by atoms with Crippen molar-refractivity contribution in [2.75, 3.05) is 7.11 Å². The molecular weight excluding hydrogens is 449 g/mol. The molecule has 0 amide bonds. The monoisotopic (exact) mass is 458 g/mol. The molecule has 0 fully saturated rings. The van der Waals surface area contributed by atoms with Gasteiger partial charge in [0.2, 0.25) is 0 Å². The standard InChI is InChI=1S/C17H10BrF3N2O3S/c1-25-10-4-2-9(3-5-10)13-7-14(17(19,20)21)23-16(22-13)27-15-12(18)6-11(8-24)26-15/h2-8H,1H3. The lowest BCUT2D eigenvalue weighted by Gasteiger charge is -2.10. The zero-order chi connectivity index (χ0) is 19.6. The van der Waals surface area contributed by atoms with Crippen molar-refractivity contribution in [3.63, 3.8) is 0 Å². The minimum absolute atomic E-state index is 0.0340. The van der Waals surface area contributed by atoms with Crippen LogP contribution in [0.5, 0.6) is 5.75 Å². The van der Waals surface area contributed by atoms with Crippen molar-refractivity contribution in [3.8, 4) is 17.0 Å². The molecule has 2 aromatic heterocycles. The van der Waals surface area contributed by atoms with Crippen molar-refractivity contribution >= 4 is 34.0 Å². The van der Waals surface area contributed by atoms with E-state index in [1.807, 2.05) is 0 Å². The number of rotatable bonds is 5. The number of methoxy groups -OCH3 is 1. The van der Waals surface area contributed by atoms with Gasteiger partial charge in [-0.25, -0.2) is 9.97 Å². The molecule has 0 unspecified atom stereocenters. The minimum Gasteiger partial charge on any atom is -0.497 e. The molecule has 140 valence electrons. The van der Waals surface area contributed by atoms with E-state index in [-0.39, 0.29) is 21.7 Å². The fourth-order valence-corrected chi connectivity index (χ4v) is 3.40. The highest BCUT2D eigenvalue weighted by atomic mass is 79.9. The van der Waals surface area contributed by atoms with Crippen molar-refractivity contribution in [2.45, 2.75) is 16.4 Å². The molecule has 10 heteroatoms. The second kappa shape index (κ2) is 7.73. The van der Waals surface area contributed by atoms with E-state index >= 15 is 0 Å². The molecule has 0 atom stereocenters. The van der Waals surface area contributed by atoms with E-state index < -0.39 is 11.9 Å². The highest BCUT2D eigenvalue weighted by Gasteiger charge is 2.34. The summed E-state index contributed by atoms with van der Waals surface area (Å²) in [7, 11) is 1.49. The summed E-state index contributed by atoms with van der Waals surface area (Å²) in [6, 6.07) is 8.73. The van der Waals surface area contributed by atoms with Crippen LogP contribution < -0.4 is 4.74 Å². The fraction of sp³-hybridized carbons (Fsp3) is 0.118. The Kier molecular flexibility index (Phi) is 5.56. The number of ether oxygens (including phenoxy) is 1. The van der Waals surface area contributed by atoms with Gasteiger partial charge < -0.3 is 9.15 Å². The molecule has 0 spiro atoms. The fourth-order valence-electron chi connectivity index (χ4n) is 2.11. The lowest BCUT2D eigenvalue weighted by molar-refractivity contribution is -0.141. The van der Waals surface area contributed by atoms with Crippen LogP contribution in [-0.2, 0) is 6.18 Å². The van der Waals surface area contributed by atoms with Gasteiger partial charge in [0.15, 0.2) is 22.3 Å². The number of carbonyl (C=O) groups is 1. The van der Waals surface area contributed by atoms with Crippen LogP contribution in [0.15, 0.2) is 55.5 Å². The summed E-state index contributed by atoms with van der Waals surface area (Å²) < 4.78 is 50.5. The van der Waals surface area contributed by atoms with E-state index in [0.717, 1.165) is 17.8 Å². The smallest absolute Gasteiger partial charge is 0.433 e. The average Bonchev–Trinajstić information content (AvgIpc) is 3.00. The summed E-state index contributed by atoms with van der Waals surface area (Å²) in [5.41, 5.74) is -0.512. The highest BCUT2D eigenvalue weighted by Crippen LogP contribution is 2.37. The van der Waals surface area contributed by atoms with Crippen LogP contribution in [0.25, 0.3) is 11.3 Å². The third-order valence-corrected chi connectivity index (χ3v) is 5.06. The van der Waals surface area contributed by atoms with Crippen molar-refractivity contribution in [2.24, 2.45) is 0 Å². The van der Waals surface area contributed by atoms with E-state index in [0.29, 0.717) is 22.1 Å². The first kappa shape index (κ1) is 19.4. The third kappa shape index (κ3) is 4.51. The van der Waals surface area contributed by atoms with E-state index in [9.17, 15) is 18.0 Å². The maximum atomic E-state index is 13.3. The molecule has 3 rings (SSSR count). The number of aromatic nitrogens is 2. The van der Waals surface area contributed by atoms with Gasteiger partial charge in [0.05, 0.1) is 17.3 Å². The first-order valence-corrected chi connectivity index (χ1v) is 8.94. The van der Waals surface area contributed by atoms with Gasteiger partial charge in [-0.1, -0.05) is 0 Å². The van der Waals surface area contributed by atoms with Crippen LogP contribution in [0.4, 0.5) is 13.2 Å². The molecule has 0 aliphatic heterocycles. The molecule has 0 radical (unpaired) electrons. The normalized spacial score (nSPS) is 11.4. The van der Waals surface area contributed by atoms with Crippen LogP contribution in [0.2, 0.25) is 0 Å². The number of furan rings is 1. The molecule has 0 saturated heterocycles. The average molecular weight is 459 g/mol. The molecule has 0 N–H and O–H groups in total. The van der Waals surface area contributed by atoms with Crippen LogP contribution in [0.3, 0.4) is 0 Å². The first-order chi connectivity index (χ1) is 12.8. The second-order valence-electron chi connectivity index (χ2n) is 5.15. The van der Waals surface area contributed by atoms with E-state index in [2.05, 4.69) is 25.9 Å². The Morgan fingerprint density at radius 2 is 1.89 bits per heavy atom. The van der Waals surface area contributed by atoms with Crippen LogP contribution in [-0.4, -0.2) is 23.4 Å². The van der Waals surface area contributed by atoms with Crippen molar-refractivity contribution < 1.29 is 27.1 Å². The van der Waals surface area contributed by atoms with Gasteiger partial charge in [-0.3, -0.25) is 4.79 Å². The van der Waals surface area contributed by atoms with Gasteiger partial charge in [-0.2, -0.15) is 13.2 Å². The predicted octanol–water partition coefficient (Wildman–Crippen LogP) is 5.49. The van der Waals surface area contributed by atoms with E-state index in [4.69, 9.17) is 9.15 Å². The molecule has 3 aromatic rings. The zero-order valence-corrected chi connectivity index (χ0v) is 16.0. The zero-order valence-electron chi connectivity index (χ0n) is 13.6. The SMILES string of the molecule is COc1ccc(-c2cc(C(F)(F)F)nc(Sc3oc(C=O)cc3Br)n2)cc1. The van der Waals surface area contributed by atoms with Crippen LogP contribution in [0.1, 0.15) is 16.2 Å². The van der Waals surface area contributed by atoms with Crippen molar-refractivity contribution in [1.82, 2.24) is 9.97 Å². The Morgan fingerprint density at radius 1 is 1.19 bits per heavy atom. The van der Waals surface area contributed by atoms with Gasteiger partial charge in [0.1, 0.15) is 11.4 Å². The number of alkyl halides is 3. The molecular formula is C17H10BrF3N2O3S. The molecule has 0 aliphatic rings. The van der Waals surface area contributed by atoms with Gasteiger partial charge in [0, 0.05) is 11.6 Å². The Balaban J connectivity index is 2.04. The highest BCUT2D eigenvalue weighted by molar-refractivity contribution is 9.10. The van der Waals surface area contributed by atoms with Gasteiger partial charge in [-0.05, 0) is 58.0 Å². The summed E-state index contributed by atoms with van der Waals surface area (Å²) in [5, 5.41) is 0.0141. The predicted molar refractivity (Wildman–Crippen MR) is 94.9 cm³/mol. The number of aldehydes is 1. The summed E-state index contributed by atoms with van der Waals surface area (Å²) in [4.78, 5) is 18.5. The van der Waals surface area contributed by atoms with E-state index in [1.165, 1.54) is 13.2 Å². The Labute approximate surface area is 164 Å². The van der Waals surface area contributed by atoms with Gasteiger partial charge >= 0.3 is 6.18 Å². The van der Waals surface area contributed by atoms with Crippen molar-refractivity contribution in [3.05, 3.63) is 52.3 Å². The molecule has 0 saturated carbocycles.